The highest BCUT2D eigenvalue weighted by molar-refractivity contribution is 5.24. The van der Waals surface area contributed by atoms with Crippen LogP contribution in [0.2, 0.25) is 0 Å². The van der Waals surface area contributed by atoms with Gasteiger partial charge in [-0.05, 0) is 44.5 Å². The highest BCUT2D eigenvalue weighted by Crippen LogP contribution is 2.35. The molecule has 1 aliphatic rings. The Morgan fingerprint density at radius 1 is 1.38 bits per heavy atom. The maximum Gasteiger partial charge on any atom is 0.123 e. The van der Waals surface area contributed by atoms with Gasteiger partial charge in [-0.1, -0.05) is 12.1 Å². The molecule has 88 valence electrons. The van der Waals surface area contributed by atoms with E-state index in [2.05, 4.69) is 18.9 Å². The largest absolute Gasteiger partial charge is 0.385 e. The van der Waals surface area contributed by atoms with Crippen LogP contribution >= 0.6 is 0 Å². The average molecular weight is 223 g/mol. The minimum absolute atomic E-state index is 0.256. The summed E-state index contributed by atoms with van der Waals surface area (Å²) in [5.74, 6) is -0.256. The molecular formula is C13H18FNO. The van der Waals surface area contributed by atoms with Crippen molar-refractivity contribution in [2.75, 3.05) is 13.6 Å². The normalized spacial score (nSPS) is 31.6. The van der Waals surface area contributed by atoms with Crippen LogP contribution in [0.1, 0.15) is 25.3 Å². The number of hydrogen-bond acceptors (Lipinski definition) is 2. The van der Waals surface area contributed by atoms with Gasteiger partial charge in [0.2, 0.25) is 0 Å². The van der Waals surface area contributed by atoms with Gasteiger partial charge < -0.3 is 10.0 Å². The van der Waals surface area contributed by atoms with E-state index in [-0.39, 0.29) is 5.82 Å². The summed E-state index contributed by atoms with van der Waals surface area (Å²) in [5.41, 5.74) is 0.0356. The molecule has 0 aliphatic carbocycles. The molecule has 0 aromatic heterocycles. The van der Waals surface area contributed by atoms with E-state index >= 15 is 0 Å². The smallest absolute Gasteiger partial charge is 0.123 e. The third-order valence-electron chi connectivity index (χ3n) is 3.65. The van der Waals surface area contributed by atoms with Crippen molar-refractivity contribution >= 4 is 0 Å². The molecule has 1 aromatic carbocycles. The Labute approximate surface area is 95.7 Å². The van der Waals surface area contributed by atoms with Gasteiger partial charge >= 0.3 is 0 Å². The maximum atomic E-state index is 12.8. The van der Waals surface area contributed by atoms with Gasteiger partial charge in [-0.25, -0.2) is 4.39 Å². The maximum absolute atomic E-state index is 12.8. The summed E-state index contributed by atoms with van der Waals surface area (Å²) in [5, 5.41) is 10.6. The van der Waals surface area contributed by atoms with Gasteiger partial charge in [-0.15, -0.1) is 0 Å². The standard InChI is InChI=1S/C13H18FNO/c1-10-9-13(16,7-8-15(10)2)11-3-5-12(14)6-4-11/h3-6,10,16H,7-9H2,1-2H3. The summed E-state index contributed by atoms with van der Waals surface area (Å²) in [6.07, 6.45) is 1.41. The molecule has 1 fully saturated rings. The van der Waals surface area contributed by atoms with Crippen molar-refractivity contribution in [1.82, 2.24) is 4.90 Å². The van der Waals surface area contributed by atoms with E-state index in [0.29, 0.717) is 18.9 Å². The van der Waals surface area contributed by atoms with Crippen molar-refractivity contribution in [2.24, 2.45) is 0 Å². The topological polar surface area (TPSA) is 23.5 Å². The molecule has 3 heteroatoms. The molecular weight excluding hydrogens is 205 g/mol. The van der Waals surface area contributed by atoms with Crippen molar-refractivity contribution in [2.45, 2.75) is 31.4 Å². The molecule has 0 bridgehead atoms. The minimum atomic E-state index is -0.792. The Hall–Kier alpha value is -0.930. The molecule has 1 saturated heterocycles. The fourth-order valence-electron chi connectivity index (χ4n) is 2.35. The molecule has 0 spiro atoms. The van der Waals surface area contributed by atoms with Crippen LogP contribution in [-0.2, 0) is 5.60 Å². The number of nitrogens with zero attached hydrogens (tertiary/aromatic N) is 1. The van der Waals surface area contributed by atoms with E-state index < -0.39 is 5.60 Å². The van der Waals surface area contributed by atoms with E-state index in [1.807, 2.05) is 0 Å². The van der Waals surface area contributed by atoms with Crippen molar-refractivity contribution in [3.8, 4) is 0 Å². The molecule has 0 saturated carbocycles. The predicted molar refractivity (Wildman–Crippen MR) is 61.6 cm³/mol. The predicted octanol–water partition coefficient (Wildman–Crippen LogP) is 2.13. The van der Waals surface area contributed by atoms with Gasteiger partial charge in [0.05, 0.1) is 5.60 Å². The summed E-state index contributed by atoms with van der Waals surface area (Å²) in [7, 11) is 2.06. The van der Waals surface area contributed by atoms with Gasteiger partial charge in [0, 0.05) is 12.6 Å². The number of hydrogen-bond donors (Lipinski definition) is 1. The first-order valence-corrected chi connectivity index (χ1v) is 5.70. The van der Waals surface area contributed by atoms with Crippen LogP contribution < -0.4 is 0 Å². The quantitative estimate of drug-likeness (QED) is 0.788. The lowest BCUT2D eigenvalue weighted by atomic mass is 9.81. The van der Waals surface area contributed by atoms with Crippen LogP contribution in [0.15, 0.2) is 24.3 Å². The van der Waals surface area contributed by atoms with E-state index in [9.17, 15) is 9.50 Å². The molecule has 2 atom stereocenters. The summed E-state index contributed by atoms with van der Waals surface area (Å²) in [6.45, 7) is 2.97. The SMILES string of the molecule is CC1CC(O)(c2ccc(F)cc2)CCN1C. The summed E-state index contributed by atoms with van der Waals surface area (Å²) < 4.78 is 12.8. The Morgan fingerprint density at radius 2 is 2.00 bits per heavy atom. The average Bonchev–Trinajstić information content (AvgIpc) is 2.25. The van der Waals surface area contributed by atoms with Gasteiger partial charge in [0.15, 0.2) is 0 Å². The molecule has 16 heavy (non-hydrogen) atoms. The zero-order chi connectivity index (χ0) is 11.8. The monoisotopic (exact) mass is 223 g/mol. The third kappa shape index (κ3) is 2.11. The van der Waals surface area contributed by atoms with E-state index in [1.165, 1.54) is 12.1 Å². The van der Waals surface area contributed by atoms with Crippen LogP contribution in [0.5, 0.6) is 0 Å². The first-order chi connectivity index (χ1) is 7.51. The number of halogens is 1. The molecule has 1 aliphatic heterocycles. The fourth-order valence-corrected chi connectivity index (χ4v) is 2.35. The lowest BCUT2D eigenvalue weighted by Crippen LogP contribution is -2.45. The molecule has 2 nitrogen and oxygen atoms in total. The zero-order valence-corrected chi connectivity index (χ0v) is 9.78. The highest BCUT2D eigenvalue weighted by atomic mass is 19.1. The van der Waals surface area contributed by atoms with Crippen LogP contribution in [0.25, 0.3) is 0 Å². The first kappa shape index (κ1) is 11.6. The van der Waals surface area contributed by atoms with Crippen molar-refractivity contribution in [3.05, 3.63) is 35.6 Å². The summed E-state index contributed by atoms with van der Waals surface area (Å²) >= 11 is 0. The van der Waals surface area contributed by atoms with Crippen molar-refractivity contribution < 1.29 is 9.50 Å². The van der Waals surface area contributed by atoms with Gasteiger partial charge in [-0.2, -0.15) is 0 Å². The number of benzene rings is 1. The molecule has 1 aromatic rings. The second kappa shape index (κ2) is 4.15. The lowest BCUT2D eigenvalue weighted by Gasteiger charge is -2.41. The van der Waals surface area contributed by atoms with E-state index in [4.69, 9.17) is 0 Å². The molecule has 0 amide bonds. The number of aliphatic hydroxyl groups is 1. The zero-order valence-electron chi connectivity index (χ0n) is 9.78. The second-order valence-corrected chi connectivity index (χ2v) is 4.82. The Kier molecular flexibility index (Phi) is 3.00. The van der Waals surface area contributed by atoms with Gasteiger partial charge in [0.25, 0.3) is 0 Å². The Morgan fingerprint density at radius 3 is 2.56 bits per heavy atom. The molecule has 2 unspecified atom stereocenters. The van der Waals surface area contributed by atoms with Crippen LogP contribution in [0.3, 0.4) is 0 Å². The molecule has 1 heterocycles. The minimum Gasteiger partial charge on any atom is -0.385 e. The molecule has 2 rings (SSSR count). The van der Waals surface area contributed by atoms with E-state index in [1.54, 1.807) is 12.1 Å². The number of likely N-dealkylation sites (tertiary alicyclic amines) is 1. The third-order valence-corrected chi connectivity index (χ3v) is 3.65. The van der Waals surface area contributed by atoms with Crippen LogP contribution in [-0.4, -0.2) is 29.6 Å². The molecule has 0 radical (unpaired) electrons. The van der Waals surface area contributed by atoms with Gasteiger partial charge in [-0.3, -0.25) is 0 Å². The highest BCUT2D eigenvalue weighted by Gasteiger charge is 2.36. The summed E-state index contributed by atoms with van der Waals surface area (Å²) in [6, 6.07) is 6.55. The lowest BCUT2D eigenvalue weighted by molar-refractivity contribution is -0.0408. The first-order valence-electron chi connectivity index (χ1n) is 5.70. The Bertz CT molecular complexity index is 365. The molecule has 1 N–H and O–H groups in total. The fraction of sp³-hybridized carbons (Fsp3) is 0.538. The van der Waals surface area contributed by atoms with Crippen molar-refractivity contribution in [3.63, 3.8) is 0 Å². The number of piperidine rings is 1. The van der Waals surface area contributed by atoms with E-state index in [0.717, 1.165) is 12.1 Å². The number of rotatable bonds is 1. The van der Waals surface area contributed by atoms with Crippen LogP contribution in [0.4, 0.5) is 4.39 Å². The second-order valence-electron chi connectivity index (χ2n) is 4.82. The van der Waals surface area contributed by atoms with Crippen molar-refractivity contribution in [1.29, 1.82) is 0 Å². The van der Waals surface area contributed by atoms with Crippen LogP contribution in [0, 0.1) is 5.82 Å². The Balaban J connectivity index is 2.22. The summed E-state index contributed by atoms with van der Waals surface area (Å²) in [4.78, 5) is 2.23. The van der Waals surface area contributed by atoms with Gasteiger partial charge in [0.1, 0.15) is 5.82 Å².